The second-order valence-corrected chi connectivity index (χ2v) is 20.4. The number of esters is 2. The molecule has 322 valence electrons. The number of aliphatic hydroxyl groups excluding tert-OH is 4. The molecule has 0 radical (unpaired) electrons. The molecule has 10 heteroatoms. The van der Waals surface area contributed by atoms with Crippen LogP contribution in [0.5, 0.6) is 23.0 Å². The summed E-state index contributed by atoms with van der Waals surface area (Å²) in [7, 11) is 0. The number of ether oxygens (including phenoxy) is 4. The van der Waals surface area contributed by atoms with Gasteiger partial charge in [-0.25, -0.2) is 0 Å². The van der Waals surface area contributed by atoms with Gasteiger partial charge in [-0.05, 0) is 80.3 Å². The van der Waals surface area contributed by atoms with E-state index in [1.165, 1.54) is 0 Å². The number of hydrogen-bond acceptors (Lipinski definition) is 10. The van der Waals surface area contributed by atoms with E-state index in [0.29, 0.717) is 45.3 Å². The molecule has 4 atom stereocenters. The smallest absolute Gasteiger partial charge is 0.328 e. The zero-order chi connectivity index (χ0) is 44.4. The summed E-state index contributed by atoms with van der Waals surface area (Å²) in [4.78, 5) is 31.8. The number of benzene rings is 4. The Balaban J connectivity index is 1.83. The molecule has 0 saturated heterocycles. The predicted octanol–water partition coefficient (Wildman–Crippen LogP) is 7.45. The van der Waals surface area contributed by atoms with E-state index in [4.69, 9.17) is 18.9 Å². The average molecular weight is 823 g/mol. The van der Waals surface area contributed by atoms with Crippen LogP contribution in [0, 0.1) is 0 Å². The van der Waals surface area contributed by atoms with Gasteiger partial charge in [0.1, 0.15) is 59.2 Å². The van der Waals surface area contributed by atoms with Gasteiger partial charge in [-0.2, -0.15) is 0 Å². The number of carbonyl (C=O) groups is 2. The number of hydrogen-bond donors (Lipinski definition) is 4. The first-order valence-electron chi connectivity index (χ1n) is 20.7. The molecule has 4 aromatic rings. The summed E-state index contributed by atoms with van der Waals surface area (Å²) < 4.78 is 25.0. The van der Waals surface area contributed by atoms with Crippen molar-refractivity contribution < 1.29 is 49.0 Å². The van der Waals surface area contributed by atoms with E-state index in [2.05, 4.69) is 95.2 Å². The van der Waals surface area contributed by atoms with Gasteiger partial charge in [-0.15, -0.1) is 0 Å². The third-order valence-corrected chi connectivity index (χ3v) is 11.8. The van der Waals surface area contributed by atoms with E-state index < -0.39 is 69.9 Å². The van der Waals surface area contributed by atoms with Gasteiger partial charge >= 0.3 is 11.9 Å². The third-order valence-electron chi connectivity index (χ3n) is 11.8. The van der Waals surface area contributed by atoms with Crippen LogP contribution < -0.4 is 18.9 Å². The first kappa shape index (κ1) is 44.8. The number of rotatable bonds is 11. The lowest BCUT2D eigenvalue weighted by Gasteiger charge is -2.43. The van der Waals surface area contributed by atoms with Crippen molar-refractivity contribution in [3.8, 4) is 23.0 Å². The molecular formula is C50H62O10. The fourth-order valence-corrected chi connectivity index (χ4v) is 8.36. The number of fused-ring (bicyclic) bond motifs is 2. The van der Waals surface area contributed by atoms with Crippen LogP contribution in [0.15, 0.2) is 72.8 Å². The van der Waals surface area contributed by atoms with E-state index in [0.717, 1.165) is 22.3 Å². The Bertz CT molecular complexity index is 2090. The molecule has 2 aliphatic rings. The second kappa shape index (κ2) is 15.6. The molecule has 0 aromatic heterocycles. The van der Waals surface area contributed by atoms with E-state index in [1.807, 2.05) is 12.1 Å². The molecule has 0 spiro atoms. The SMILES string of the molecule is CC(C)(C)c1cc(C(C)(C)C)c2c(c1)C(c1ccc(OCC(O)CO)cc1)(C1(c3ccc(OCC(O)CO)cc3)C(=O)Oc3c(C(C)(C)C)cc(C(C)(C)C)cc31)C(=O)O2. The van der Waals surface area contributed by atoms with Crippen molar-refractivity contribution in [2.24, 2.45) is 0 Å². The topological polar surface area (TPSA) is 152 Å². The van der Waals surface area contributed by atoms with Crippen molar-refractivity contribution in [2.75, 3.05) is 26.4 Å². The summed E-state index contributed by atoms with van der Waals surface area (Å²) in [6, 6.07) is 22.0. The van der Waals surface area contributed by atoms with Gasteiger partial charge in [-0.1, -0.05) is 119 Å². The van der Waals surface area contributed by atoms with Gasteiger partial charge < -0.3 is 39.4 Å². The van der Waals surface area contributed by atoms with Crippen molar-refractivity contribution in [3.63, 3.8) is 0 Å². The fourth-order valence-electron chi connectivity index (χ4n) is 8.36. The molecule has 4 aromatic carbocycles. The Hall–Kier alpha value is -4.74. The highest BCUT2D eigenvalue weighted by Gasteiger charge is 2.73. The maximum atomic E-state index is 15.9. The third kappa shape index (κ3) is 7.61. The molecule has 2 heterocycles. The molecule has 0 saturated carbocycles. The summed E-state index contributed by atoms with van der Waals surface area (Å²) in [5, 5.41) is 39.0. The molecule has 10 nitrogen and oxygen atoms in total. The van der Waals surface area contributed by atoms with Crippen LogP contribution in [0.1, 0.15) is 128 Å². The van der Waals surface area contributed by atoms with Crippen LogP contribution in [-0.4, -0.2) is 71.0 Å². The largest absolute Gasteiger partial charge is 0.491 e. The second-order valence-electron chi connectivity index (χ2n) is 20.4. The maximum absolute atomic E-state index is 15.9. The lowest BCUT2D eigenvalue weighted by atomic mass is 9.51. The standard InChI is InChI=1S/C50H62O10/c1-45(2,3)31-21-37(47(7,8)9)41-39(23-31)49(43(55)59-41,29-13-17-35(18-14-29)57-27-33(53)25-51)50(30-15-19-36(20-16-30)58-28-34(54)26-52)40-24-32(46(4,5)6)22-38(48(10,11)12)42(40)60-44(50)56/h13-24,33-34,51-54H,25-28H2,1-12H3. The van der Waals surface area contributed by atoms with E-state index in [1.54, 1.807) is 48.5 Å². The Morgan fingerprint density at radius 1 is 0.517 bits per heavy atom. The number of carbonyl (C=O) groups excluding carboxylic acids is 2. The zero-order valence-corrected chi connectivity index (χ0v) is 37.1. The summed E-state index contributed by atoms with van der Waals surface area (Å²) in [6.07, 6.45) is -2.19. The molecule has 0 bridgehead atoms. The van der Waals surface area contributed by atoms with Gasteiger partial charge in [0.25, 0.3) is 0 Å². The molecule has 4 unspecified atom stereocenters. The fraction of sp³-hybridized carbons (Fsp3) is 0.480. The highest BCUT2D eigenvalue weighted by Crippen LogP contribution is 2.65. The summed E-state index contributed by atoms with van der Waals surface area (Å²) in [5.41, 5.74) is -0.155. The minimum atomic E-state index is -1.91. The number of aliphatic hydroxyl groups is 4. The first-order chi connectivity index (χ1) is 27.8. The molecule has 60 heavy (non-hydrogen) atoms. The van der Waals surface area contributed by atoms with E-state index >= 15 is 9.59 Å². The van der Waals surface area contributed by atoms with E-state index in [-0.39, 0.29) is 13.2 Å². The predicted molar refractivity (Wildman–Crippen MR) is 231 cm³/mol. The molecule has 0 amide bonds. The first-order valence-corrected chi connectivity index (χ1v) is 20.7. The Morgan fingerprint density at radius 2 is 0.833 bits per heavy atom. The van der Waals surface area contributed by atoms with Crippen molar-refractivity contribution in [1.29, 1.82) is 0 Å². The van der Waals surface area contributed by atoms with Crippen LogP contribution >= 0.6 is 0 Å². The van der Waals surface area contributed by atoms with Gasteiger partial charge in [0.15, 0.2) is 0 Å². The van der Waals surface area contributed by atoms with E-state index in [9.17, 15) is 20.4 Å². The Kier molecular flexibility index (Phi) is 11.7. The highest BCUT2D eigenvalue weighted by molar-refractivity contribution is 6.09. The van der Waals surface area contributed by atoms with Gasteiger partial charge in [-0.3, -0.25) is 9.59 Å². The van der Waals surface area contributed by atoms with Crippen LogP contribution in [0.2, 0.25) is 0 Å². The Morgan fingerprint density at radius 3 is 1.10 bits per heavy atom. The van der Waals surface area contributed by atoms with Crippen LogP contribution in [0.3, 0.4) is 0 Å². The van der Waals surface area contributed by atoms with Crippen molar-refractivity contribution >= 4 is 11.9 Å². The zero-order valence-electron chi connectivity index (χ0n) is 37.1. The lowest BCUT2D eigenvalue weighted by molar-refractivity contribution is -0.147. The van der Waals surface area contributed by atoms with Crippen LogP contribution in [0.4, 0.5) is 0 Å². The minimum Gasteiger partial charge on any atom is -0.491 e. The van der Waals surface area contributed by atoms with Crippen LogP contribution in [0.25, 0.3) is 0 Å². The molecule has 6 rings (SSSR count). The quantitative estimate of drug-likeness (QED) is 0.0887. The van der Waals surface area contributed by atoms with Gasteiger partial charge in [0.05, 0.1) is 13.2 Å². The summed E-state index contributed by atoms with van der Waals surface area (Å²) in [6.45, 7) is 23.8. The normalized spacial score (nSPS) is 20.3. The molecule has 4 N–H and O–H groups in total. The molecular weight excluding hydrogens is 761 g/mol. The minimum absolute atomic E-state index is 0.158. The molecule has 0 fully saturated rings. The van der Waals surface area contributed by atoms with Gasteiger partial charge in [0.2, 0.25) is 0 Å². The highest BCUT2D eigenvalue weighted by atomic mass is 16.6. The maximum Gasteiger partial charge on any atom is 0.328 e. The van der Waals surface area contributed by atoms with Gasteiger partial charge in [0, 0.05) is 22.3 Å². The summed E-state index contributed by atoms with van der Waals surface area (Å²) in [5.74, 6) is 0.210. The summed E-state index contributed by atoms with van der Waals surface area (Å²) >= 11 is 0. The average Bonchev–Trinajstić information content (AvgIpc) is 3.64. The van der Waals surface area contributed by atoms with Crippen molar-refractivity contribution in [2.45, 2.75) is 128 Å². The molecule has 0 aliphatic carbocycles. The molecule has 2 aliphatic heterocycles. The van der Waals surface area contributed by atoms with Crippen LogP contribution in [-0.2, 0) is 42.1 Å². The Labute approximate surface area is 354 Å². The lowest BCUT2D eigenvalue weighted by Crippen LogP contribution is -2.58. The van der Waals surface area contributed by atoms with Crippen molar-refractivity contribution in [1.82, 2.24) is 0 Å². The van der Waals surface area contributed by atoms with Crippen molar-refractivity contribution in [3.05, 3.63) is 117 Å². The monoisotopic (exact) mass is 822 g/mol.